The zero-order valence-electron chi connectivity index (χ0n) is 23.4. The summed E-state index contributed by atoms with van der Waals surface area (Å²) in [6, 6.07) is 16.0. The Labute approximate surface area is 236 Å². The molecule has 40 heavy (non-hydrogen) atoms. The fourth-order valence-electron chi connectivity index (χ4n) is 6.46. The number of nitrogens with zero attached hydrogens (tertiary/aromatic N) is 1. The number of piperidine rings is 1. The maximum Gasteiger partial charge on any atom is 0.256 e. The molecule has 3 aromatic rings. The van der Waals surface area contributed by atoms with Crippen LogP contribution in [0.1, 0.15) is 96.5 Å². The predicted octanol–water partition coefficient (Wildman–Crippen LogP) is 7.27. The van der Waals surface area contributed by atoms with Gasteiger partial charge < -0.3 is 15.1 Å². The summed E-state index contributed by atoms with van der Waals surface area (Å²) < 4.78 is 6.54. The number of aryl methyl sites for hydroxylation is 1. The number of rotatable bonds is 9. The van der Waals surface area contributed by atoms with Crippen LogP contribution < -0.4 is 10.6 Å². The second-order valence-electron chi connectivity index (χ2n) is 11.4. The minimum absolute atomic E-state index is 0.0752. The minimum Gasteiger partial charge on any atom is -0.461 e. The molecule has 3 heterocycles. The summed E-state index contributed by atoms with van der Waals surface area (Å²) >= 11 is 0. The number of anilines is 2. The number of ketones is 1. The maximum atomic E-state index is 13.2. The molecule has 1 aromatic heterocycles. The zero-order chi connectivity index (χ0) is 27.5. The first-order valence-electron chi connectivity index (χ1n) is 15.0. The molecule has 2 aromatic carbocycles. The molecule has 0 bridgehead atoms. The van der Waals surface area contributed by atoms with Gasteiger partial charge in [0.25, 0.3) is 5.91 Å². The fraction of sp³-hybridized carbons (Fsp3) is 0.412. The van der Waals surface area contributed by atoms with E-state index in [2.05, 4.69) is 34.6 Å². The van der Waals surface area contributed by atoms with Crippen molar-refractivity contribution >= 4 is 34.7 Å². The van der Waals surface area contributed by atoms with Crippen molar-refractivity contribution in [2.24, 2.45) is 0 Å². The van der Waals surface area contributed by atoms with E-state index in [0.717, 1.165) is 92.9 Å². The molecule has 1 amide bonds. The molecule has 1 saturated heterocycles. The summed E-state index contributed by atoms with van der Waals surface area (Å²) in [4.78, 5) is 28.7. The summed E-state index contributed by atoms with van der Waals surface area (Å²) in [5.41, 5.74) is 6.28. The largest absolute Gasteiger partial charge is 0.461 e. The Balaban J connectivity index is 1.36. The number of amides is 1. The van der Waals surface area contributed by atoms with E-state index >= 15 is 0 Å². The van der Waals surface area contributed by atoms with Crippen molar-refractivity contribution in [3.8, 4) is 0 Å². The molecule has 0 saturated carbocycles. The zero-order valence-corrected chi connectivity index (χ0v) is 23.4. The van der Waals surface area contributed by atoms with Gasteiger partial charge in [-0.2, -0.15) is 0 Å². The van der Waals surface area contributed by atoms with Crippen LogP contribution in [-0.2, 0) is 17.6 Å². The lowest BCUT2D eigenvalue weighted by atomic mass is 9.89. The summed E-state index contributed by atoms with van der Waals surface area (Å²) in [5.74, 6) is 1.76. The first-order chi connectivity index (χ1) is 19.6. The van der Waals surface area contributed by atoms with Gasteiger partial charge in [0.15, 0.2) is 5.78 Å². The highest BCUT2D eigenvalue weighted by Crippen LogP contribution is 2.41. The Morgan fingerprint density at radius 3 is 2.65 bits per heavy atom. The van der Waals surface area contributed by atoms with Crippen LogP contribution in [0.4, 0.5) is 11.4 Å². The van der Waals surface area contributed by atoms with Gasteiger partial charge in [0.05, 0.1) is 18.2 Å². The predicted molar refractivity (Wildman–Crippen MR) is 161 cm³/mol. The normalized spacial score (nSPS) is 18.7. The van der Waals surface area contributed by atoms with E-state index in [9.17, 15) is 9.59 Å². The molecular formula is C34H39N3O3. The number of hydrogen-bond donors (Lipinski definition) is 2. The number of para-hydroxylation sites is 1. The van der Waals surface area contributed by atoms with Crippen LogP contribution in [0.3, 0.4) is 0 Å². The fourth-order valence-corrected chi connectivity index (χ4v) is 6.46. The van der Waals surface area contributed by atoms with Crippen LogP contribution in [-0.4, -0.2) is 36.2 Å². The van der Waals surface area contributed by atoms with Crippen LogP contribution in [0.15, 0.2) is 52.9 Å². The van der Waals surface area contributed by atoms with Crippen molar-refractivity contribution in [2.75, 3.05) is 30.3 Å². The van der Waals surface area contributed by atoms with Crippen LogP contribution >= 0.6 is 0 Å². The second kappa shape index (κ2) is 11.8. The van der Waals surface area contributed by atoms with Crippen molar-refractivity contribution in [2.45, 2.75) is 70.8 Å². The van der Waals surface area contributed by atoms with Crippen LogP contribution in [0.25, 0.3) is 11.6 Å². The number of Topliss-reactive ketones (excluding diaryl/α,β-unsaturated/α-hetero) is 1. The molecular weight excluding hydrogens is 498 g/mol. The average Bonchev–Trinajstić information content (AvgIpc) is 3.50. The van der Waals surface area contributed by atoms with E-state index in [1.165, 1.54) is 17.5 Å². The molecule has 6 nitrogen and oxygen atoms in total. The molecule has 1 atom stereocenters. The molecule has 1 fully saturated rings. The van der Waals surface area contributed by atoms with Gasteiger partial charge in [-0.15, -0.1) is 0 Å². The summed E-state index contributed by atoms with van der Waals surface area (Å²) in [6.45, 7) is 4.58. The third-order valence-electron chi connectivity index (χ3n) is 8.50. The Hall–Kier alpha value is -3.64. The summed E-state index contributed by atoms with van der Waals surface area (Å²) in [6.07, 6.45) is 11.6. The number of furan rings is 1. The van der Waals surface area contributed by atoms with Gasteiger partial charge in [-0.1, -0.05) is 38.0 Å². The number of carbonyl (C=O) groups is 2. The minimum atomic E-state index is -0.154. The first-order valence-corrected chi connectivity index (χ1v) is 15.0. The van der Waals surface area contributed by atoms with Crippen molar-refractivity contribution in [1.82, 2.24) is 4.90 Å². The molecule has 2 aliphatic heterocycles. The highest BCUT2D eigenvalue weighted by atomic mass is 16.3. The van der Waals surface area contributed by atoms with E-state index in [1.54, 1.807) is 0 Å². The highest BCUT2D eigenvalue weighted by molar-refractivity contribution is 6.35. The van der Waals surface area contributed by atoms with Gasteiger partial charge in [-0.3, -0.25) is 14.5 Å². The number of fused-ring (bicyclic) bond motifs is 2. The Morgan fingerprint density at radius 1 is 1.05 bits per heavy atom. The summed E-state index contributed by atoms with van der Waals surface area (Å²) in [7, 11) is 0. The third kappa shape index (κ3) is 5.50. The SMILES string of the molecule is CCCC(Nc1ccccc1)c1c(C=C2C(=O)Nc3ccc(C(=O)CN4CCCCC4)cc32)oc2c1CCCC2. The van der Waals surface area contributed by atoms with Crippen LogP contribution in [0.2, 0.25) is 0 Å². The maximum absolute atomic E-state index is 13.2. The smallest absolute Gasteiger partial charge is 0.256 e. The Kier molecular flexibility index (Phi) is 7.87. The lowest BCUT2D eigenvalue weighted by Gasteiger charge is -2.25. The monoisotopic (exact) mass is 537 g/mol. The van der Waals surface area contributed by atoms with E-state index < -0.39 is 0 Å². The number of likely N-dealkylation sites (tertiary alicyclic amines) is 1. The lowest BCUT2D eigenvalue weighted by molar-refractivity contribution is -0.110. The average molecular weight is 538 g/mol. The van der Waals surface area contributed by atoms with Gasteiger partial charge >= 0.3 is 0 Å². The molecule has 0 radical (unpaired) electrons. The Morgan fingerprint density at radius 2 is 1.85 bits per heavy atom. The quantitative estimate of drug-likeness (QED) is 0.222. The van der Waals surface area contributed by atoms with Crippen molar-refractivity contribution in [1.29, 1.82) is 0 Å². The number of carbonyl (C=O) groups excluding carboxylic acids is 2. The second-order valence-corrected chi connectivity index (χ2v) is 11.4. The summed E-state index contributed by atoms with van der Waals surface area (Å²) in [5, 5.41) is 6.76. The topological polar surface area (TPSA) is 74.6 Å². The number of hydrogen-bond acceptors (Lipinski definition) is 5. The van der Waals surface area contributed by atoms with Gasteiger partial charge in [-0.05, 0) is 93.6 Å². The molecule has 208 valence electrons. The first kappa shape index (κ1) is 26.6. The molecule has 0 spiro atoms. The van der Waals surface area contributed by atoms with E-state index in [-0.39, 0.29) is 17.7 Å². The van der Waals surface area contributed by atoms with Crippen LogP contribution in [0, 0.1) is 0 Å². The molecule has 2 N–H and O–H groups in total. The third-order valence-corrected chi connectivity index (χ3v) is 8.50. The molecule has 1 unspecified atom stereocenters. The molecule has 1 aliphatic carbocycles. The Bertz CT molecular complexity index is 1420. The molecule has 6 heteroatoms. The van der Waals surface area contributed by atoms with Gasteiger partial charge in [0, 0.05) is 34.5 Å². The van der Waals surface area contributed by atoms with E-state index in [0.29, 0.717) is 17.7 Å². The van der Waals surface area contributed by atoms with Crippen molar-refractivity contribution < 1.29 is 14.0 Å². The lowest BCUT2D eigenvalue weighted by Crippen LogP contribution is -2.34. The van der Waals surface area contributed by atoms with Gasteiger partial charge in [-0.25, -0.2) is 0 Å². The van der Waals surface area contributed by atoms with E-state index in [4.69, 9.17) is 4.42 Å². The number of nitrogens with one attached hydrogen (secondary N) is 2. The van der Waals surface area contributed by atoms with Crippen molar-refractivity contribution in [3.05, 3.63) is 82.3 Å². The molecule has 3 aliphatic rings. The van der Waals surface area contributed by atoms with Crippen molar-refractivity contribution in [3.63, 3.8) is 0 Å². The number of benzene rings is 2. The van der Waals surface area contributed by atoms with Gasteiger partial charge in [0.1, 0.15) is 11.5 Å². The van der Waals surface area contributed by atoms with Crippen LogP contribution in [0.5, 0.6) is 0 Å². The highest BCUT2D eigenvalue weighted by Gasteiger charge is 2.31. The van der Waals surface area contributed by atoms with E-state index in [1.807, 2.05) is 42.5 Å². The molecule has 6 rings (SSSR count). The van der Waals surface area contributed by atoms with Gasteiger partial charge in [0.2, 0.25) is 0 Å². The standard InChI is InChI=1S/C34H39N3O3/c1-2-11-29(35-24-12-5-3-6-13-24)33-25-14-7-8-15-31(25)40-32(33)21-27-26-20-23(16-17-28(26)36-34(27)39)30(38)22-37-18-9-4-10-19-37/h3,5-6,12-13,16-17,20-21,29,35H,2,4,7-11,14-15,18-19,22H2,1H3,(H,36,39).